The van der Waals surface area contributed by atoms with Crippen molar-refractivity contribution in [3.05, 3.63) is 59.1 Å². The molecule has 0 aromatic heterocycles. The molecule has 1 heterocycles. The maximum Gasteiger partial charge on any atom is 0.573 e. The molecule has 2 aromatic carbocycles. The Bertz CT molecular complexity index is 1390. The number of nitrogens with zero attached hydrogens (tertiary/aromatic N) is 2. The smallest absolute Gasteiger partial charge is 0.406 e. The van der Waals surface area contributed by atoms with E-state index in [1.807, 2.05) is 7.05 Å². The summed E-state index contributed by atoms with van der Waals surface area (Å²) in [7, 11) is -1.67. The zero-order valence-corrected chi connectivity index (χ0v) is 25.2. The summed E-state index contributed by atoms with van der Waals surface area (Å²) in [6.07, 6.45) is -2.64. The molecule has 0 radical (unpaired) electrons. The molecular weight excluding hydrogens is 595 g/mol. The SMILES string of the molecule is CC(C)N(C)[C@@H]1CC[C@H](N2CC[C@H](NC(=O)c3cccc(OC(F)(F)F)c3)C2=O)[C@H](CS(=O)(=O)c2ccc(Cl)cc2)C1. The topological polar surface area (TPSA) is 96.0 Å². The second-order valence-corrected chi connectivity index (χ2v) is 13.7. The Hall–Kier alpha value is -2.83. The van der Waals surface area contributed by atoms with Gasteiger partial charge in [-0.25, -0.2) is 8.42 Å². The van der Waals surface area contributed by atoms with Gasteiger partial charge in [0.25, 0.3) is 5.91 Å². The lowest BCUT2D eigenvalue weighted by atomic mass is 9.81. The fraction of sp³-hybridized carbons (Fsp3) is 0.517. The molecule has 4 atom stereocenters. The average molecular weight is 630 g/mol. The first-order chi connectivity index (χ1) is 19.6. The molecule has 1 saturated carbocycles. The summed E-state index contributed by atoms with van der Waals surface area (Å²) in [6.45, 7) is 4.48. The highest BCUT2D eigenvalue weighted by Crippen LogP contribution is 2.36. The fourth-order valence-corrected chi connectivity index (χ4v) is 7.66. The monoisotopic (exact) mass is 629 g/mol. The van der Waals surface area contributed by atoms with Crippen LogP contribution < -0.4 is 10.1 Å². The Morgan fingerprint density at radius 3 is 2.48 bits per heavy atom. The molecule has 1 N–H and O–H groups in total. The number of sulfone groups is 1. The van der Waals surface area contributed by atoms with Crippen molar-refractivity contribution in [2.75, 3.05) is 19.3 Å². The summed E-state index contributed by atoms with van der Waals surface area (Å²) in [5.41, 5.74) is -0.0767. The minimum atomic E-state index is -4.91. The summed E-state index contributed by atoms with van der Waals surface area (Å²) in [6, 6.07) is 9.84. The van der Waals surface area contributed by atoms with Crippen LogP contribution in [-0.4, -0.2) is 79.9 Å². The Kier molecular flexibility index (Phi) is 9.79. The largest absolute Gasteiger partial charge is 0.573 e. The molecule has 1 saturated heterocycles. The molecule has 1 aliphatic carbocycles. The van der Waals surface area contributed by atoms with Gasteiger partial charge < -0.3 is 19.9 Å². The van der Waals surface area contributed by atoms with E-state index in [2.05, 4.69) is 28.8 Å². The number of halogens is 4. The second kappa shape index (κ2) is 12.8. The molecule has 0 unspecified atom stereocenters. The lowest BCUT2D eigenvalue weighted by Crippen LogP contribution is -2.53. The normalized spacial score (nSPS) is 23.5. The van der Waals surface area contributed by atoms with Crippen LogP contribution in [0.3, 0.4) is 0 Å². The predicted molar refractivity (Wildman–Crippen MR) is 152 cm³/mol. The first-order valence-corrected chi connectivity index (χ1v) is 15.8. The number of ether oxygens (including phenoxy) is 1. The molecule has 0 bridgehead atoms. The summed E-state index contributed by atoms with van der Waals surface area (Å²) in [5.74, 6) is -2.07. The Labute approximate surface area is 249 Å². The summed E-state index contributed by atoms with van der Waals surface area (Å²) in [4.78, 5) is 30.4. The van der Waals surface area contributed by atoms with Crippen molar-refractivity contribution < 1.29 is 35.9 Å². The Morgan fingerprint density at radius 2 is 1.83 bits per heavy atom. The number of likely N-dealkylation sites (tertiary alicyclic amines) is 1. The van der Waals surface area contributed by atoms with Gasteiger partial charge in [0, 0.05) is 35.3 Å². The van der Waals surface area contributed by atoms with Crippen molar-refractivity contribution >= 4 is 33.3 Å². The van der Waals surface area contributed by atoms with E-state index < -0.39 is 33.9 Å². The maximum atomic E-state index is 13.5. The van der Waals surface area contributed by atoms with Gasteiger partial charge in [0.05, 0.1) is 10.6 Å². The van der Waals surface area contributed by atoms with Crippen molar-refractivity contribution in [2.45, 2.75) is 75.0 Å². The van der Waals surface area contributed by atoms with Gasteiger partial charge in [-0.3, -0.25) is 9.59 Å². The second-order valence-electron chi connectivity index (χ2n) is 11.2. The van der Waals surface area contributed by atoms with Gasteiger partial charge in [0.2, 0.25) is 5.91 Å². The number of rotatable bonds is 9. The Morgan fingerprint density at radius 1 is 1.14 bits per heavy atom. The van der Waals surface area contributed by atoms with Gasteiger partial charge in [-0.2, -0.15) is 0 Å². The molecule has 1 aliphatic heterocycles. The number of alkyl halides is 3. The van der Waals surface area contributed by atoms with Crippen LogP contribution in [0.1, 0.15) is 49.9 Å². The fourth-order valence-electron chi connectivity index (χ4n) is 5.87. The molecule has 2 aromatic rings. The highest BCUT2D eigenvalue weighted by atomic mass is 35.5. The quantitative estimate of drug-likeness (QED) is 0.423. The van der Waals surface area contributed by atoms with E-state index in [0.717, 1.165) is 18.6 Å². The summed E-state index contributed by atoms with van der Waals surface area (Å²) >= 11 is 5.96. The van der Waals surface area contributed by atoms with E-state index in [-0.39, 0.29) is 46.2 Å². The number of nitrogens with one attached hydrogen (secondary N) is 1. The van der Waals surface area contributed by atoms with Crippen molar-refractivity contribution in [3.63, 3.8) is 0 Å². The van der Waals surface area contributed by atoms with Crippen LogP contribution in [-0.2, 0) is 14.6 Å². The molecular formula is C29H35ClF3N3O5S. The molecule has 230 valence electrons. The number of hydrogen-bond donors (Lipinski definition) is 1. The predicted octanol–water partition coefficient (Wildman–Crippen LogP) is 4.92. The average Bonchev–Trinajstić information content (AvgIpc) is 3.26. The van der Waals surface area contributed by atoms with Gasteiger partial charge >= 0.3 is 6.36 Å². The zero-order valence-electron chi connectivity index (χ0n) is 23.6. The van der Waals surface area contributed by atoms with Crippen LogP contribution in [0.15, 0.2) is 53.4 Å². The molecule has 4 rings (SSSR count). The molecule has 13 heteroatoms. The molecule has 2 fully saturated rings. The molecule has 42 heavy (non-hydrogen) atoms. The van der Waals surface area contributed by atoms with Crippen LogP contribution >= 0.6 is 11.6 Å². The molecule has 8 nitrogen and oxygen atoms in total. The summed E-state index contributed by atoms with van der Waals surface area (Å²) < 4.78 is 68.6. The van der Waals surface area contributed by atoms with E-state index in [0.29, 0.717) is 30.8 Å². The number of amides is 2. The first kappa shape index (κ1) is 32.1. The number of carbonyl (C=O) groups excluding carboxylic acids is 2. The van der Waals surface area contributed by atoms with E-state index in [9.17, 15) is 31.2 Å². The Balaban J connectivity index is 1.50. The van der Waals surface area contributed by atoms with Crippen molar-refractivity contribution in [1.29, 1.82) is 0 Å². The number of benzene rings is 2. The van der Waals surface area contributed by atoms with Gasteiger partial charge in [0.15, 0.2) is 9.84 Å². The van der Waals surface area contributed by atoms with Crippen LogP contribution in [0, 0.1) is 5.92 Å². The zero-order chi connectivity index (χ0) is 30.8. The van der Waals surface area contributed by atoms with Crippen molar-refractivity contribution in [2.24, 2.45) is 5.92 Å². The standard InChI is InChI=1S/C29H35ClF3N3O5S/c1-18(2)35(3)22-9-12-26(20(15-22)17-42(39,40)24-10-7-21(30)8-11-24)36-14-13-25(28(36)38)34-27(37)19-5-4-6-23(16-19)41-29(31,32)33/h4-8,10-11,16,18,20,22,25-26H,9,12-15,17H2,1-3H3,(H,34,37)/t20-,22+,25-,26-/m0/s1. The molecule has 2 aliphatic rings. The van der Waals surface area contributed by atoms with Crippen molar-refractivity contribution in [1.82, 2.24) is 15.1 Å². The third kappa shape index (κ3) is 7.76. The van der Waals surface area contributed by atoms with Crippen LogP contribution in [0.5, 0.6) is 5.75 Å². The maximum absolute atomic E-state index is 13.5. The van der Waals surface area contributed by atoms with E-state index in [1.165, 1.54) is 36.4 Å². The van der Waals surface area contributed by atoms with Crippen LogP contribution in [0.25, 0.3) is 0 Å². The van der Waals surface area contributed by atoms with Gasteiger partial charge in [0.1, 0.15) is 11.8 Å². The van der Waals surface area contributed by atoms with E-state index >= 15 is 0 Å². The van der Waals surface area contributed by atoms with Crippen molar-refractivity contribution in [3.8, 4) is 5.75 Å². The van der Waals surface area contributed by atoms with Crippen LogP contribution in [0.2, 0.25) is 5.02 Å². The van der Waals surface area contributed by atoms with Gasteiger partial charge in [-0.05, 0) is 95.0 Å². The highest BCUT2D eigenvalue weighted by molar-refractivity contribution is 7.91. The minimum absolute atomic E-state index is 0.0767. The third-order valence-electron chi connectivity index (χ3n) is 8.19. The van der Waals surface area contributed by atoms with E-state index in [4.69, 9.17) is 11.6 Å². The molecule has 0 spiro atoms. The number of carbonyl (C=O) groups is 2. The summed E-state index contributed by atoms with van der Waals surface area (Å²) in [5, 5.41) is 3.06. The van der Waals surface area contributed by atoms with Crippen LogP contribution in [0.4, 0.5) is 13.2 Å². The third-order valence-corrected chi connectivity index (χ3v) is 10.3. The van der Waals surface area contributed by atoms with Gasteiger partial charge in [-0.1, -0.05) is 17.7 Å². The lowest BCUT2D eigenvalue weighted by molar-refractivity contribution is -0.274. The van der Waals surface area contributed by atoms with Gasteiger partial charge in [-0.15, -0.1) is 13.2 Å². The highest BCUT2D eigenvalue weighted by Gasteiger charge is 2.44. The first-order valence-electron chi connectivity index (χ1n) is 13.8. The van der Waals surface area contributed by atoms with E-state index in [1.54, 1.807) is 4.90 Å². The number of hydrogen-bond acceptors (Lipinski definition) is 6. The minimum Gasteiger partial charge on any atom is -0.406 e. The molecule has 2 amide bonds. The lowest BCUT2D eigenvalue weighted by Gasteiger charge is -2.44.